The van der Waals surface area contributed by atoms with Gasteiger partial charge in [-0.3, -0.25) is 0 Å². The van der Waals surface area contributed by atoms with Crippen molar-refractivity contribution in [2.45, 2.75) is 18.7 Å². The molecule has 2 aromatic rings. The van der Waals surface area contributed by atoms with Crippen molar-refractivity contribution < 1.29 is 17.9 Å². The Kier molecular flexibility index (Phi) is 5.45. The van der Waals surface area contributed by atoms with Gasteiger partial charge in [0.2, 0.25) is 5.88 Å². The Labute approximate surface area is 136 Å². The first kappa shape index (κ1) is 17.1. The third kappa shape index (κ3) is 4.36. The summed E-state index contributed by atoms with van der Waals surface area (Å²) in [6, 6.07) is 12.5. The van der Waals surface area contributed by atoms with E-state index in [1.165, 1.54) is 0 Å². The van der Waals surface area contributed by atoms with Crippen LogP contribution < -0.4 is 4.74 Å². The Morgan fingerprint density at radius 3 is 2.43 bits per heavy atom. The Bertz CT molecular complexity index is 699. The molecule has 23 heavy (non-hydrogen) atoms. The van der Waals surface area contributed by atoms with Crippen molar-refractivity contribution in [1.29, 1.82) is 5.26 Å². The molecule has 0 saturated carbocycles. The molecule has 0 saturated heterocycles. The van der Waals surface area contributed by atoms with Gasteiger partial charge in [-0.25, -0.2) is 4.98 Å². The molecule has 0 fully saturated rings. The van der Waals surface area contributed by atoms with Crippen LogP contribution in [0.5, 0.6) is 5.88 Å². The van der Waals surface area contributed by atoms with E-state index < -0.39 is 18.0 Å². The normalized spacial score (nSPS) is 12.5. The maximum atomic E-state index is 12.8. The molecule has 0 aliphatic heterocycles. The maximum Gasteiger partial charge on any atom is 0.433 e. The summed E-state index contributed by atoms with van der Waals surface area (Å²) < 4.78 is 44.0. The fourth-order valence-electron chi connectivity index (χ4n) is 1.97. The molecule has 1 heterocycles. The molecular formula is C16H12ClF3N2O. The molecule has 1 aromatic carbocycles. The molecule has 0 unspecified atom stereocenters. The van der Waals surface area contributed by atoms with Crippen LogP contribution in [0.4, 0.5) is 13.2 Å². The number of pyridine rings is 1. The van der Waals surface area contributed by atoms with Crippen LogP contribution in [0.25, 0.3) is 0 Å². The molecule has 1 aromatic heterocycles. The Hall–Kier alpha value is -2.26. The number of halogens is 4. The smallest absolute Gasteiger partial charge is 0.433 e. The number of benzene rings is 1. The summed E-state index contributed by atoms with van der Waals surface area (Å²) in [6.07, 6.45) is -4.83. The van der Waals surface area contributed by atoms with Crippen molar-refractivity contribution in [1.82, 2.24) is 4.98 Å². The minimum absolute atomic E-state index is 0.0616. The summed E-state index contributed by atoms with van der Waals surface area (Å²) in [6.45, 7) is 0. The molecule has 0 amide bonds. The van der Waals surface area contributed by atoms with E-state index in [4.69, 9.17) is 21.6 Å². The van der Waals surface area contributed by atoms with Gasteiger partial charge in [-0.1, -0.05) is 30.3 Å². The summed E-state index contributed by atoms with van der Waals surface area (Å²) in [4.78, 5) is 3.45. The van der Waals surface area contributed by atoms with E-state index in [0.29, 0.717) is 6.42 Å². The fourth-order valence-corrected chi connectivity index (χ4v) is 2.17. The van der Waals surface area contributed by atoms with Crippen LogP contribution in [-0.4, -0.2) is 10.9 Å². The van der Waals surface area contributed by atoms with E-state index in [-0.39, 0.29) is 17.3 Å². The monoisotopic (exact) mass is 340 g/mol. The largest absolute Gasteiger partial charge is 0.468 e. The van der Waals surface area contributed by atoms with E-state index in [1.54, 1.807) is 30.3 Å². The zero-order valence-electron chi connectivity index (χ0n) is 11.8. The van der Waals surface area contributed by atoms with Gasteiger partial charge in [0.15, 0.2) is 0 Å². The summed E-state index contributed by atoms with van der Waals surface area (Å²) in [5.74, 6) is -0.0956. The highest BCUT2D eigenvalue weighted by atomic mass is 35.5. The molecule has 0 spiro atoms. The van der Waals surface area contributed by atoms with E-state index in [1.807, 2.05) is 6.07 Å². The lowest BCUT2D eigenvalue weighted by Crippen LogP contribution is -2.13. The van der Waals surface area contributed by atoms with Gasteiger partial charge < -0.3 is 4.74 Å². The summed E-state index contributed by atoms with van der Waals surface area (Å²) in [5, 5.41) is 9.05. The van der Waals surface area contributed by atoms with Crippen molar-refractivity contribution in [2.24, 2.45) is 0 Å². The Morgan fingerprint density at radius 1 is 1.17 bits per heavy atom. The molecule has 3 nitrogen and oxygen atoms in total. The third-order valence-electron chi connectivity index (χ3n) is 3.07. The first-order valence-corrected chi connectivity index (χ1v) is 7.25. The molecule has 0 bridgehead atoms. The van der Waals surface area contributed by atoms with Crippen LogP contribution in [0.1, 0.15) is 29.3 Å². The number of ether oxygens (including phenoxy) is 1. The predicted octanol–water partition coefficient (Wildman–Crippen LogP) is 4.72. The standard InChI is InChI=1S/C16H12ClF3N2O/c17-9-8-13(11-4-2-1-3-5-11)23-15-12(10-21)6-7-14(22-15)16(18,19)20/h1-7,13H,8-9H2/t13-/m1/s1. The Balaban J connectivity index is 2.37. The van der Waals surface area contributed by atoms with Crippen molar-refractivity contribution >= 4 is 11.6 Å². The van der Waals surface area contributed by atoms with Crippen molar-refractivity contribution in [3.8, 4) is 11.9 Å². The van der Waals surface area contributed by atoms with E-state index >= 15 is 0 Å². The number of nitrogens with zero attached hydrogens (tertiary/aromatic N) is 2. The van der Waals surface area contributed by atoms with Crippen molar-refractivity contribution in [3.63, 3.8) is 0 Å². The molecule has 0 N–H and O–H groups in total. The summed E-state index contributed by atoms with van der Waals surface area (Å²) in [7, 11) is 0. The number of alkyl halides is 4. The topological polar surface area (TPSA) is 45.9 Å². The van der Waals surface area contributed by atoms with Gasteiger partial charge in [0, 0.05) is 12.3 Å². The summed E-state index contributed by atoms with van der Waals surface area (Å²) in [5.41, 5.74) is -0.422. The molecular weight excluding hydrogens is 329 g/mol. The van der Waals surface area contributed by atoms with Crippen molar-refractivity contribution in [3.05, 3.63) is 59.3 Å². The van der Waals surface area contributed by atoms with Crippen LogP contribution in [-0.2, 0) is 6.18 Å². The molecule has 2 rings (SSSR count). The lowest BCUT2D eigenvalue weighted by atomic mass is 10.1. The molecule has 0 aliphatic carbocycles. The van der Waals surface area contributed by atoms with Crippen LogP contribution >= 0.6 is 11.6 Å². The fraction of sp³-hybridized carbons (Fsp3) is 0.250. The molecule has 120 valence electrons. The average molecular weight is 341 g/mol. The lowest BCUT2D eigenvalue weighted by molar-refractivity contribution is -0.141. The average Bonchev–Trinajstić information content (AvgIpc) is 2.54. The highest BCUT2D eigenvalue weighted by Gasteiger charge is 2.33. The predicted molar refractivity (Wildman–Crippen MR) is 79.1 cm³/mol. The third-order valence-corrected chi connectivity index (χ3v) is 3.29. The van der Waals surface area contributed by atoms with Gasteiger partial charge in [0.1, 0.15) is 23.4 Å². The Morgan fingerprint density at radius 2 is 1.87 bits per heavy atom. The second-order valence-electron chi connectivity index (χ2n) is 4.65. The number of hydrogen-bond donors (Lipinski definition) is 0. The number of nitriles is 1. The lowest BCUT2D eigenvalue weighted by Gasteiger charge is -2.19. The zero-order valence-corrected chi connectivity index (χ0v) is 12.6. The SMILES string of the molecule is N#Cc1ccc(C(F)(F)F)nc1O[C@H](CCCl)c1ccccc1. The number of rotatable bonds is 5. The van der Waals surface area contributed by atoms with E-state index in [2.05, 4.69) is 4.98 Å². The quantitative estimate of drug-likeness (QED) is 0.740. The molecule has 1 atom stereocenters. The molecule has 7 heteroatoms. The first-order valence-electron chi connectivity index (χ1n) is 6.71. The van der Waals surface area contributed by atoms with Crippen LogP contribution in [0.2, 0.25) is 0 Å². The molecule has 0 aliphatic rings. The van der Waals surface area contributed by atoms with Gasteiger partial charge >= 0.3 is 6.18 Å². The zero-order chi connectivity index (χ0) is 16.9. The van der Waals surface area contributed by atoms with Crippen LogP contribution in [0, 0.1) is 11.3 Å². The van der Waals surface area contributed by atoms with Gasteiger partial charge in [-0.15, -0.1) is 11.6 Å². The maximum absolute atomic E-state index is 12.8. The van der Waals surface area contributed by atoms with E-state index in [9.17, 15) is 13.2 Å². The second-order valence-corrected chi connectivity index (χ2v) is 5.03. The van der Waals surface area contributed by atoms with E-state index in [0.717, 1.165) is 17.7 Å². The highest BCUT2D eigenvalue weighted by Crippen LogP contribution is 2.32. The minimum Gasteiger partial charge on any atom is -0.468 e. The minimum atomic E-state index is -4.61. The molecule has 0 radical (unpaired) electrons. The number of hydrogen-bond acceptors (Lipinski definition) is 3. The highest BCUT2D eigenvalue weighted by molar-refractivity contribution is 6.17. The van der Waals surface area contributed by atoms with Gasteiger partial charge in [0.05, 0.1) is 0 Å². The van der Waals surface area contributed by atoms with Crippen LogP contribution in [0.15, 0.2) is 42.5 Å². The summed E-state index contributed by atoms with van der Waals surface area (Å²) >= 11 is 5.74. The van der Waals surface area contributed by atoms with Gasteiger partial charge in [-0.2, -0.15) is 18.4 Å². The van der Waals surface area contributed by atoms with Crippen LogP contribution in [0.3, 0.4) is 0 Å². The van der Waals surface area contributed by atoms with Gasteiger partial charge in [0.25, 0.3) is 0 Å². The second kappa shape index (κ2) is 7.34. The van der Waals surface area contributed by atoms with Crippen molar-refractivity contribution in [2.75, 3.05) is 5.88 Å². The number of aromatic nitrogens is 1. The first-order chi connectivity index (χ1) is 11.0. The van der Waals surface area contributed by atoms with Gasteiger partial charge in [-0.05, 0) is 17.7 Å².